The van der Waals surface area contributed by atoms with E-state index in [2.05, 4.69) is 51.9 Å². The van der Waals surface area contributed by atoms with Crippen LogP contribution in [0.1, 0.15) is 10.4 Å². The summed E-state index contributed by atoms with van der Waals surface area (Å²) in [6.45, 7) is 0.830. The van der Waals surface area contributed by atoms with Crippen LogP contribution in [0.2, 0.25) is 0 Å². The predicted molar refractivity (Wildman–Crippen MR) is 206 cm³/mol. The number of nitrogens with one attached hydrogen (secondary N) is 4. The van der Waals surface area contributed by atoms with E-state index in [1.165, 1.54) is 0 Å². The average molecular weight is 774 g/mol. The maximum atomic E-state index is 13.3. The number of carbonyl (C=O) groups is 3. The summed E-state index contributed by atoms with van der Waals surface area (Å²) in [5, 5.41) is 13.2. The standard InChI is InChI=1S/C39H33BrN8O5/c1-48-23-25(21-43-48)33-22-42-31-13-11-27(20-32(31)46-33)45-39(51)44-26-12-14-34(29(40)19-26)53-18-17-52-16-15-41-38(50)37(49)35-28-9-5-6-10-30(28)47-36(35)24-7-3-2-4-8-24/h2-14,19-23,47H,15-18H2,1H3,(H,41,50)(H2,44,45,51). The molecule has 0 aliphatic heterocycles. The third kappa shape index (κ3) is 8.24. The quantitative estimate of drug-likeness (QED) is 0.0554. The van der Waals surface area contributed by atoms with Crippen LogP contribution in [0.3, 0.4) is 0 Å². The molecule has 13 nitrogen and oxygen atoms in total. The smallest absolute Gasteiger partial charge is 0.323 e. The van der Waals surface area contributed by atoms with Gasteiger partial charge in [-0.1, -0.05) is 48.5 Å². The average Bonchev–Trinajstić information content (AvgIpc) is 3.78. The van der Waals surface area contributed by atoms with E-state index in [0.717, 1.165) is 16.6 Å². The maximum Gasteiger partial charge on any atom is 0.323 e. The number of ketones is 1. The van der Waals surface area contributed by atoms with Crippen molar-refractivity contribution in [3.8, 4) is 28.3 Å². The van der Waals surface area contributed by atoms with Crippen LogP contribution in [-0.2, 0) is 16.6 Å². The van der Waals surface area contributed by atoms with Crippen molar-refractivity contribution in [1.82, 2.24) is 30.0 Å². The SMILES string of the molecule is Cn1cc(-c2cnc3ccc(NC(=O)Nc4ccc(OCCOCCNC(=O)C(=O)c5c(-c6ccccc6)[nH]c6ccccc56)c(Br)c4)cc3n2)cn1. The van der Waals surface area contributed by atoms with Gasteiger partial charge in [-0.25, -0.2) is 9.78 Å². The summed E-state index contributed by atoms with van der Waals surface area (Å²) < 4.78 is 13.8. The van der Waals surface area contributed by atoms with Gasteiger partial charge in [-0.05, 0) is 64.0 Å². The number of hydrogen-bond donors (Lipinski definition) is 4. The van der Waals surface area contributed by atoms with Crippen molar-refractivity contribution >= 4 is 67.0 Å². The third-order valence-corrected chi connectivity index (χ3v) is 8.83. The fraction of sp³-hybridized carbons (Fsp3) is 0.128. The van der Waals surface area contributed by atoms with Crippen molar-refractivity contribution in [3.63, 3.8) is 0 Å². The molecule has 0 aliphatic rings. The Labute approximate surface area is 311 Å². The highest BCUT2D eigenvalue weighted by atomic mass is 79.9. The number of benzene rings is 4. The number of nitrogens with zero attached hydrogens (tertiary/aromatic N) is 4. The maximum absolute atomic E-state index is 13.3. The number of urea groups is 1. The summed E-state index contributed by atoms with van der Waals surface area (Å²) in [6.07, 6.45) is 5.27. The van der Waals surface area contributed by atoms with E-state index in [4.69, 9.17) is 9.47 Å². The Morgan fingerprint density at radius 2 is 1.60 bits per heavy atom. The number of aromatic nitrogens is 5. The number of ether oxygens (including phenoxy) is 2. The normalized spacial score (nSPS) is 11.1. The molecule has 3 aromatic heterocycles. The number of hydrogen-bond acceptors (Lipinski definition) is 8. The minimum Gasteiger partial charge on any atom is -0.490 e. The minimum atomic E-state index is -0.708. The predicted octanol–water partition coefficient (Wildman–Crippen LogP) is 6.98. The molecule has 0 fully saturated rings. The number of H-pyrrole nitrogens is 1. The lowest BCUT2D eigenvalue weighted by atomic mass is 10.0. The number of para-hydroxylation sites is 1. The Morgan fingerprint density at radius 1 is 0.830 bits per heavy atom. The van der Waals surface area contributed by atoms with Crippen molar-refractivity contribution in [2.45, 2.75) is 0 Å². The van der Waals surface area contributed by atoms with Crippen molar-refractivity contribution < 1.29 is 23.9 Å². The van der Waals surface area contributed by atoms with Crippen molar-refractivity contribution in [2.75, 3.05) is 37.0 Å². The first kappa shape index (κ1) is 35.0. The summed E-state index contributed by atoms with van der Waals surface area (Å²) in [5.41, 5.74) is 6.50. The highest BCUT2D eigenvalue weighted by Gasteiger charge is 2.24. The molecule has 0 bridgehead atoms. The van der Waals surface area contributed by atoms with Gasteiger partial charge in [0.2, 0.25) is 0 Å². The summed E-state index contributed by atoms with van der Waals surface area (Å²) in [4.78, 5) is 51.4. The molecule has 53 heavy (non-hydrogen) atoms. The van der Waals surface area contributed by atoms with E-state index >= 15 is 0 Å². The zero-order valence-corrected chi connectivity index (χ0v) is 30.0. The van der Waals surface area contributed by atoms with E-state index in [1.54, 1.807) is 53.5 Å². The number of Topliss-reactive ketones (excluding diaryl/α,β-unsaturated/α-hetero) is 1. The highest BCUT2D eigenvalue weighted by molar-refractivity contribution is 9.10. The molecule has 0 radical (unpaired) electrons. The zero-order chi connectivity index (χ0) is 36.7. The highest BCUT2D eigenvalue weighted by Crippen LogP contribution is 2.31. The van der Waals surface area contributed by atoms with Crippen molar-refractivity contribution in [2.24, 2.45) is 7.05 Å². The van der Waals surface area contributed by atoms with Gasteiger partial charge in [0, 0.05) is 47.6 Å². The molecule has 7 rings (SSSR count). The van der Waals surface area contributed by atoms with Crippen LogP contribution in [0.25, 0.3) is 44.5 Å². The number of aryl methyl sites for hydroxylation is 1. The second-order valence-electron chi connectivity index (χ2n) is 11.9. The summed E-state index contributed by atoms with van der Waals surface area (Å²) in [5.74, 6) is -0.770. The van der Waals surface area contributed by atoms with Gasteiger partial charge in [-0.2, -0.15) is 5.10 Å². The molecule has 0 aliphatic carbocycles. The fourth-order valence-electron chi connectivity index (χ4n) is 5.71. The molecule has 0 spiro atoms. The van der Waals surface area contributed by atoms with Crippen molar-refractivity contribution in [3.05, 3.63) is 120 Å². The van der Waals surface area contributed by atoms with Gasteiger partial charge < -0.3 is 30.4 Å². The Bertz CT molecular complexity index is 2450. The van der Waals surface area contributed by atoms with Gasteiger partial charge in [0.1, 0.15) is 12.4 Å². The topological polar surface area (TPSA) is 165 Å². The third-order valence-electron chi connectivity index (χ3n) is 8.21. The number of carbonyl (C=O) groups excluding carboxylic acids is 3. The van der Waals surface area contributed by atoms with Gasteiger partial charge in [0.25, 0.3) is 11.7 Å². The van der Waals surface area contributed by atoms with E-state index in [1.807, 2.05) is 67.8 Å². The minimum absolute atomic E-state index is 0.152. The molecule has 4 aromatic carbocycles. The van der Waals surface area contributed by atoms with Gasteiger partial charge in [0.15, 0.2) is 0 Å². The van der Waals surface area contributed by atoms with E-state index < -0.39 is 17.7 Å². The van der Waals surface area contributed by atoms with Gasteiger partial charge in [0.05, 0.1) is 58.1 Å². The first-order chi connectivity index (χ1) is 25.8. The van der Waals surface area contributed by atoms with Gasteiger partial charge >= 0.3 is 6.03 Å². The van der Waals surface area contributed by atoms with Crippen LogP contribution >= 0.6 is 15.9 Å². The summed E-state index contributed by atoms with van der Waals surface area (Å²) in [7, 11) is 1.83. The lowest BCUT2D eigenvalue weighted by molar-refractivity contribution is -0.117. The molecule has 3 heterocycles. The Balaban J connectivity index is 0.850. The van der Waals surface area contributed by atoms with Crippen molar-refractivity contribution in [1.29, 1.82) is 0 Å². The first-order valence-electron chi connectivity index (χ1n) is 16.6. The second kappa shape index (κ2) is 15.9. The number of amides is 3. The molecule has 0 saturated heterocycles. The molecule has 3 amide bonds. The zero-order valence-electron chi connectivity index (χ0n) is 28.4. The summed E-state index contributed by atoms with van der Waals surface area (Å²) >= 11 is 3.49. The molecule has 266 valence electrons. The van der Waals surface area contributed by atoms with Crippen LogP contribution < -0.4 is 20.7 Å². The Hall–Kier alpha value is -6.38. The van der Waals surface area contributed by atoms with E-state index in [9.17, 15) is 14.4 Å². The molecule has 0 saturated carbocycles. The summed E-state index contributed by atoms with van der Waals surface area (Å²) in [6, 6.07) is 26.9. The molecule has 0 atom stereocenters. The van der Waals surface area contributed by atoms with E-state index in [-0.39, 0.29) is 26.4 Å². The van der Waals surface area contributed by atoms with Gasteiger partial charge in [-0.3, -0.25) is 19.3 Å². The number of rotatable bonds is 13. The van der Waals surface area contributed by atoms with Crippen LogP contribution in [0, 0.1) is 0 Å². The van der Waals surface area contributed by atoms with Crippen LogP contribution in [-0.4, -0.2) is 68.8 Å². The van der Waals surface area contributed by atoms with Crippen LogP contribution in [0.15, 0.2) is 114 Å². The molecule has 4 N–H and O–H groups in total. The number of halogens is 1. The Morgan fingerprint density at radius 3 is 2.40 bits per heavy atom. The fourth-order valence-corrected chi connectivity index (χ4v) is 6.21. The first-order valence-corrected chi connectivity index (χ1v) is 17.4. The molecular weight excluding hydrogens is 740 g/mol. The van der Waals surface area contributed by atoms with Gasteiger partial charge in [-0.15, -0.1) is 0 Å². The monoisotopic (exact) mass is 772 g/mol. The van der Waals surface area contributed by atoms with Crippen LogP contribution in [0.5, 0.6) is 5.75 Å². The molecule has 14 heteroatoms. The lowest BCUT2D eigenvalue weighted by Crippen LogP contribution is -2.34. The molecule has 0 unspecified atom stereocenters. The largest absolute Gasteiger partial charge is 0.490 e. The van der Waals surface area contributed by atoms with E-state index in [0.29, 0.717) is 55.0 Å². The molecular formula is C39H33BrN8O5. The number of fused-ring (bicyclic) bond motifs is 2. The lowest BCUT2D eigenvalue weighted by Gasteiger charge is -2.12. The second-order valence-corrected chi connectivity index (χ2v) is 12.8. The Kier molecular flexibility index (Phi) is 10.5. The number of aromatic amines is 1. The van der Waals surface area contributed by atoms with Crippen LogP contribution in [0.4, 0.5) is 16.2 Å². The molecule has 7 aromatic rings. The number of anilines is 2.